The summed E-state index contributed by atoms with van der Waals surface area (Å²) in [5.74, 6) is -0.625. The molecule has 114 valence electrons. The van der Waals surface area contributed by atoms with Crippen LogP contribution in [0.2, 0.25) is 0 Å². The molecule has 1 amide bonds. The van der Waals surface area contributed by atoms with E-state index in [1.54, 1.807) is 18.0 Å². The van der Waals surface area contributed by atoms with Crippen LogP contribution >= 0.6 is 0 Å². The molecule has 1 aromatic carbocycles. The van der Waals surface area contributed by atoms with Crippen LogP contribution < -0.4 is 4.74 Å². The molecule has 0 aliphatic heterocycles. The third kappa shape index (κ3) is 4.95. The van der Waals surface area contributed by atoms with Gasteiger partial charge in [0.25, 0.3) is 5.91 Å². The van der Waals surface area contributed by atoms with Crippen LogP contribution in [-0.2, 0) is 9.59 Å². The van der Waals surface area contributed by atoms with E-state index in [-0.39, 0.29) is 18.6 Å². The number of amides is 1. The molecule has 0 saturated carbocycles. The number of ether oxygens (including phenoxy) is 1. The Morgan fingerprint density at radius 1 is 1.38 bits per heavy atom. The molecule has 1 aromatic rings. The molecule has 0 unspecified atom stereocenters. The van der Waals surface area contributed by atoms with Gasteiger partial charge in [-0.25, -0.2) is 4.79 Å². The summed E-state index contributed by atoms with van der Waals surface area (Å²) in [5.41, 5.74) is 1.49. The summed E-state index contributed by atoms with van der Waals surface area (Å²) in [6, 6.07) is 5.51. The number of hydrogen-bond acceptors (Lipinski definition) is 3. The fourth-order valence-corrected chi connectivity index (χ4v) is 1.69. The highest BCUT2D eigenvalue weighted by molar-refractivity contribution is 5.86. The van der Waals surface area contributed by atoms with Crippen molar-refractivity contribution in [2.45, 2.75) is 26.8 Å². The predicted molar refractivity (Wildman–Crippen MR) is 81.2 cm³/mol. The van der Waals surface area contributed by atoms with Gasteiger partial charge in [-0.3, -0.25) is 4.79 Å². The van der Waals surface area contributed by atoms with Gasteiger partial charge in [0.2, 0.25) is 0 Å². The maximum absolute atomic E-state index is 11.9. The second-order valence-corrected chi connectivity index (χ2v) is 5.05. The highest BCUT2D eigenvalue weighted by atomic mass is 16.5. The lowest BCUT2D eigenvalue weighted by atomic mass is 10.1. The average Bonchev–Trinajstić information content (AvgIpc) is 2.42. The Morgan fingerprint density at radius 3 is 2.62 bits per heavy atom. The highest BCUT2D eigenvalue weighted by Crippen LogP contribution is 2.24. The molecule has 0 heterocycles. The van der Waals surface area contributed by atoms with E-state index in [0.29, 0.717) is 11.3 Å². The van der Waals surface area contributed by atoms with Crippen molar-refractivity contribution in [1.29, 1.82) is 0 Å². The molecule has 5 heteroatoms. The van der Waals surface area contributed by atoms with E-state index < -0.39 is 5.97 Å². The van der Waals surface area contributed by atoms with Crippen molar-refractivity contribution >= 4 is 18.0 Å². The number of nitrogens with zero attached hydrogens (tertiary/aromatic N) is 1. The Hall–Kier alpha value is -2.30. The van der Waals surface area contributed by atoms with Crippen molar-refractivity contribution in [3.05, 3.63) is 35.4 Å². The minimum absolute atomic E-state index is 0.0759. The first-order chi connectivity index (χ1) is 9.82. The van der Waals surface area contributed by atoms with Crippen LogP contribution in [0.15, 0.2) is 24.3 Å². The van der Waals surface area contributed by atoms with E-state index >= 15 is 0 Å². The number of likely N-dealkylation sites (N-methyl/N-ethyl adjacent to an activating group) is 1. The third-order valence-corrected chi connectivity index (χ3v) is 3.16. The number of carboxylic acids is 1. The van der Waals surface area contributed by atoms with Gasteiger partial charge in [0.15, 0.2) is 6.61 Å². The van der Waals surface area contributed by atoms with Crippen LogP contribution in [0.3, 0.4) is 0 Å². The smallest absolute Gasteiger partial charge is 0.328 e. The van der Waals surface area contributed by atoms with E-state index in [2.05, 4.69) is 0 Å². The molecule has 1 rings (SSSR count). The predicted octanol–water partition coefficient (Wildman–Crippen LogP) is 2.34. The first kappa shape index (κ1) is 16.8. The van der Waals surface area contributed by atoms with E-state index in [0.717, 1.165) is 11.6 Å². The fourth-order valence-electron chi connectivity index (χ4n) is 1.69. The number of benzene rings is 1. The molecule has 0 aromatic heterocycles. The molecule has 0 radical (unpaired) electrons. The van der Waals surface area contributed by atoms with Crippen molar-refractivity contribution in [3.8, 4) is 5.75 Å². The van der Waals surface area contributed by atoms with Gasteiger partial charge >= 0.3 is 5.97 Å². The van der Waals surface area contributed by atoms with Crippen LogP contribution in [0.1, 0.15) is 25.0 Å². The Balaban J connectivity index is 2.87. The standard InChI is InChI=1S/C16H21NO4/c1-11(2)17(4)14(18)10-21-16-12(3)6-5-7-13(16)8-9-15(19)20/h5-9,11H,10H2,1-4H3,(H,19,20)/b9-8+. The van der Waals surface area contributed by atoms with Crippen LogP contribution in [0.25, 0.3) is 6.08 Å². The van der Waals surface area contributed by atoms with Gasteiger partial charge in [0.1, 0.15) is 5.75 Å². The summed E-state index contributed by atoms with van der Waals surface area (Å²) in [6.07, 6.45) is 2.50. The minimum Gasteiger partial charge on any atom is -0.483 e. The van der Waals surface area contributed by atoms with Gasteiger partial charge in [0.05, 0.1) is 0 Å². The van der Waals surface area contributed by atoms with Crippen molar-refractivity contribution in [2.75, 3.05) is 13.7 Å². The normalized spacial score (nSPS) is 10.9. The third-order valence-electron chi connectivity index (χ3n) is 3.16. The Labute approximate surface area is 124 Å². The highest BCUT2D eigenvalue weighted by Gasteiger charge is 2.14. The molecule has 0 fully saturated rings. The second kappa shape index (κ2) is 7.47. The number of hydrogen-bond donors (Lipinski definition) is 1. The second-order valence-electron chi connectivity index (χ2n) is 5.05. The molecule has 0 aliphatic carbocycles. The van der Waals surface area contributed by atoms with Gasteiger partial charge in [-0.05, 0) is 32.4 Å². The average molecular weight is 291 g/mol. The lowest BCUT2D eigenvalue weighted by Gasteiger charge is -2.22. The molecular weight excluding hydrogens is 270 g/mol. The first-order valence-corrected chi connectivity index (χ1v) is 6.72. The summed E-state index contributed by atoms with van der Waals surface area (Å²) in [5, 5.41) is 8.70. The van der Waals surface area contributed by atoms with Crippen LogP contribution in [0.5, 0.6) is 5.75 Å². The van der Waals surface area contributed by atoms with Gasteiger partial charge in [-0.2, -0.15) is 0 Å². The van der Waals surface area contributed by atoms with Crippen LogP contribution in [0.4, 0.5) is 0 Å². The quantitative estimate of drug-likeness (QED) is 0.817. The van der Waals surface area contributed by atoms with Crippen LogP contribution in [0, 0.1) is 6.92 Å². The molecule has 5 nitrogen and oxygen atoms in total. The van der Waals surface area contributed by atoms with Gasteiger partial charge in [0, 0.05) is 24.7 Å². The Morgan fingerprint density at radius 2 is 2.05 bits per heavy atom. The molecule has 0 saturated heterocycles. The van der Waals surface area contributed by atoms with Crippen LogP contribution in [-0.4, -0.2) is 41.6 Å². The van der Waals surface area contributed by atoms with Crippen molar-refractivity contribution < 1.29 is 19.4 Å². The number of rotatable bonds is 6. The van der Waals surface area contributed by atoms with Crippen molar-refractivity contribution in [2.24, 2.45) is 0 Å². The topological polar surface area (TPSA) is 66.8 Å². The summed E-state index contributed by atoms with van der Waals surface area (Å²) in [7, 11) is 1.72. The summed E-state index contributed by atoms with van der Waals surface area (Å²) in [6.45, 7) is 5.62. The van der Waals surface area contributed by atoms with Gasteiger partial charge < -0.3 is 14.7 Å². The number of carbonyl (C=O) groups excluding carboxylic acids is 1. The summed E-state index contributed by atoms with van der Waals surface area (Å²) in [4.78, 5) is 24.1. The Kier molecular flexibility index (Phi) is 5.96. The maximum Gasteiger partial charge on any atom is 0.328 e. The lowest BCUT2D eigenvalue weighted by molar-refractivity contribution is -0.133. The monoisotopic (exact) mass is 291 g/mol. The van der Waals surface area contributed by atoms with E-state index in [1.807, 2.05) is 32.9 Å². The maximum atomic E-state index is 11.9. The zero-order valence-corrected chi connectivity index (χ0v) is 12.8. The van der Waals surface area contributed by atoms with Crippen molar-refractivity contribution in [3.63, 3.8) is 0 Å². The molecule has 0 bridgehead atoms. The Bertz CT molecular complexity index is 549. The number of carbonyl (C=O) groups is 2. The SMILES string of the molecule is Cc1cccc(/C=C/C(=O)O)c1OCC(=O)N(C)C(C)C. The molecule has 21 heavy (non-hydrogen) atoms. The number of aryl methyl sites for hydroxylation is 1. The zero-order valence-electron chi connectivity index (χ0n) is 12.8. The lowest BCUT2D eigenvalue weighted by Crippen LogP contribution is -2.36. The molecule has 0 aliphatic rings. The fraction of sp³-hybridized carbons (Fsp3) is 0.375. The minimum atomic E-state index is -1.03. The van der Waals surface area contributed by atoms with Gasteiger partial charge in [-0.15, -0.1) is 0 Å². The first-order valence-electron chi connectivity index (χ1n) is 6.72. The number of para-hydroxylation sites is 1. The van der Waals surface area contributed by atoms with E-state index in [9.17, 15) is 9.59 Å². The zero-order chi connectivity index (χ0) is 16.0. The van der Waals surface area contributed by atoms with E-state index in [4.69, 9.17) is 9.84 Å². The summed E-state index contributed by atoms with van der Waals surface area (Å²) < 4.78 is 5.60. The number of aliphatic carboxylic acids is 1. The molecule has 0 atom stereocenters. The largest absolute Gasteiger partial charge is 0.483 e. The molecule has 0 spiro atoms. The molecular formula is C16H21NO4. The van der Waals surface area contributed by atoms with Gasteiger partial charge in [-0.1, -0.05) is 18.2 Å². The summed E-state index contributed by atoms with van der Waals surface area (Å²) >= 11 is 0. The van der Waals surface area contributed by atoms with E-state index in [1.165, 1.54) is 6.08 Å². The molecule has 1 N–H and O–H groups in total. The van der Waals surface area contributed by atoms with Crippen molar-refractivity contribution in [1.82, 2.24) is 4.90 Å². The number of carboxylic acid groups (broad SMARTS) is 1.